The second-order valence-electron chi connectivity index (χ2n) is 10.6. The molecule has 2 heterocycles. The molecule has 1 N–H and O–H groups in total. The van der Waals surface area contributed by atoms with Gasteiger partial charge in [-0.15, -0.1) is 0 Å². The Morgan fingerprint density at radius 3 is 2.56 bits per heavy atom. The van der Waals surface area contributed by atoms with Crippen molar-refractivity contribution in [1.82, 2.24) is 9.80 Å². The number of hydrogen-bond acceptors (Lipinski definition) is 8. The van der Waals surface area contributed by atoms with Crippen LogP contribution in [0.1, 0.15) is 43.4 Å². The van der Waals surface area contributed by atoms with Crippen LogP contribution >= 0.6 is 24.0 Å². The molecule has 2 bridgehead atoms. The lowest BCUT2D eigenvalue weighted by Crippen LogP contribution is -2.41. The third-order valence-corrected chi connectivity index (χ3v) is 9.32. The summed E-state index contributed by atoms with van der Waals surface area (Å²) in [5.41, 5.74) is 1.74. The summed E-state index contributed by atoms with van der Waals surface area (Å²) >= 11 is 7.03. The van der Waals surface area contributed by atoms with Crippen LogP contribution in [-0.2, 0) is 16.0 Å². The molecular weight excluding hydrogens is 536 g/mol. The van der Waals surface area contributed by atoms with Crippen molar-refractivity contribution in [3.05, 3.63) is 40.5 Å². The molecule has 0 radical (unpaired) electrons. The second kappa shape index (κ2) is 11.7. The quantitative estimate of drug-likeness (QED) is 0.285. The molecule has 3 unspecified atom stereocenters. The number of thiocarbonyl (C=S) groups is 1. The fourth-order valence-electron chi connectivity index (χ4n) is 6.11. The highest BCUT2D eigenvalue weighted by atomic mass is 32.2. The maximum Gasteiger partial charge on any atom is 0.317 e. The largest absolute Gasteiger partial charge is 0.497 e. The van der Waals surface area contributed by atoms with Gasteiger partial charge in [0, 0.05) is 23.7 Å². The molecule has 5 rings (SSSR count). The van der Waals surface area contributed by atoms with Crippen molar-refractivity contribution in [3.63, 3.8) is 0 Å². The number of nitrogens with zero attached hydrogens (tertiary/aromatic N) is 2. The van der Waals surface area contributed by atoms with E-state index in [4.69, 9.17) is 31.2 Å². The minimum absolute atomic E-state index is 0.0153. The molecule has 2 aromatic rings. The van der Waals surface area contributed by atoms with E-state index in [1.54, 1.807) is 32.2 Å². The minimum atomic E-state index is -0.853. The monoisotopic (exact) mass is 570 g/mol. The Morgan fingerprint density at radius 2 is 1.95 bits per heavy atom. The summed E-state index contributed by atoms with van der Waals surface area (Å²) in [6, 6.07) is 7.75. The molecule has 1 saturated heterocycles. The lowest BCUT2D eigenvalue weighted by molar-refractivity contribution is -0.138. The fraction of sp³-hybridized carbons (Fsp3) is 0.483. The van der Waals surface area contributed by atoms with Crippen molar-refractivity contribution in [2.45, 2.75) is 44.6 Å². The average molecular weight is 571 g/mol. The first-order valence-corrected chi connectivity index (χ1v) is 14.5. The Balaban J connectivity index is 1.43. The SMILES string of the molecule is COc1cc(OC)cc(-c2cc(CCCN(C)CC(=O)O)c(/C=C3\SC(=S)N(C4CC5CCC4C5)C3=O)o2)c1. The molecule has 39 heavy (non-hydrogen) atoms. The number of fused-ring (bicyclic) bond motifs is 2. The van der Waals surface area contributed by atoms with Crippen molar-refractivity contribution in [1.29, 1.82) is 0 Å². The number of rotatable bonds is 11. The molecule has 3 aliphatic rings. The summed E-state index contributed by atoms with van der Waals surface area (Å²) in [6.07, 6.45) is 7.90. The molecule has 3 atom stereocenters. The van der Waals surface area contributed by atoms with Crippen molar-refractivity contribution < 1.29 is 28.6 Å². The Hall–Kier alpha value is -2.82. The second-order valence-corrected chi connectivity index (χ2v) is 12.3. The zero-order chi connectivity index (χ0) is 27.7. The number of aliphatic carboxylic acids is 1. The lowest BCUT2D eigenvalue weighted by atomic mass is 9.94. The van der Waals surface area contributed by atoms with Crippen LogP contribution < -0.4 is 9.47 Å². The molecular formula is C29H34N2O6S2. The Kier molecular flexibility index (Phi) is 8.35. The first-order valence-electron chi connectivity index (χ1n) is 13.3. The van der Waals surface area contributed by atoms with Gasteiger partial charge in [0.05, 0.1) is 25.7 Å². The molecule has 2 aliphatic carbocycles. The van der Waals surface area contributed by atoms with Crippen LogP contribution in [0.4, 0.5) is 0 Å². The fourth-order valence-corrected chi connectivity index (χ4v) is 7.46. The van der Waals surface area contributed by atoms with E-state index in [0.717, 1.165) is 24.0 Å². The number of likely N-dealkylation sites (N-methyl/N-ethyl adjacent to an activating group) is 1. The van der Waals surface area contributed by atoms with Crippen molar-refractivity contribution in [3.8, 4) is 22.8 Å². The number of carboxylic acid groups (broad SMARTS) is 1. The number of carbonyl (C=O) groups is 2. The van der Waals surface area contributed by atoms with E-state index in [9.17, 15) is 9.59 Å². The number of aryl methyl sites for hydroxylation is 1. The van der Waals surface area contributed by atoms with Crippen LogP contribution in [0, 0.1) is 11.8 Å². The number of ether oxygens (including phenoxy) is 2. The zero-order valence-corrected chi connectivity index (χ0v) is 24.1. The third-order valence-electron chi connectivity index (χ3n) is 7.99. The van der Waals surface area contributed by atoms with Gasteiger partial charge < -0.3 is 19.0 Å². The van der Waals surface area contributed by atoms with Gasteiger partial charge in [0.15, 0.2) is 0 Å². The summed E-state index contributed by atoms with van der Waals surface area (Å²) in [6.45, 7) is 0.601. The van der Waals surface area contributed by atoms with E-state index in [1.165, 1.54) is 31.0 Å². The predicted octanol–water partition coefficient (Wildman–Crippen LogP) is 5.30. The van der Waals surface area contributed by atoms with Gasteiger partial charge in [-0.2, -0.15) is 0 Å². The zero-order valence-electron chi connectivity index (χ0n) is 22.5. The van der Waals surface area contributed by atoms with E-state index < -0.39 is 5.97 Å². The van der Waals surface area contributed by atoms with Crippen molar-refractivity contribution in [2.75, 3.05) is 34.4 Å². The summed E-state index contributed by atoms with van der Waals surface area (Å²) in [4.78, 5) is 28.8. The standard InChI is InChI=1S/C29H34N2O6S2/c1-30(16-27(32)33)8-4-5-19-13-24(20-11-21(35-2)14-22(12-20)36-3)37-25(19)15-26-28(34)31(29(38)39-26)23-10-17-6-7-18(23)9-17/h11-15,17-18,23H,4-10,16H2,1-3H3,(H,32,33)/b26-15-. The summed E-state index contributed by atoms with van der Waals surface area (Å²) in [5.74, 6) is 2.91. The predicted molar refractivity (Wildman–Crippen MR) is 155 cm³/mol. The van der Waals surface area contributed by atoms with E-state index in [1.807, 2.05) is 29.2 Å². The molecule has 208 valence electrons. The topological polar surface area (TPSA) is 92.5 Å². The number of benzene rings is 1. The molecule has 8 nitrogen and oxygen atoms in total. The number of thioether (sulfide) groups is 1. The van der Waals surface area contributed by atoms with Crippen molar-refractivity contribution >= 4 is 46.3 Å². The van der Waals surface area contributed by atoms with Gasteiger partial charge >= 0.3 is 5.97 Å². The highest BCUT2D eigenvalue weighted by molar-refractivity contribution is 8.26. The number of furan rings is 1. The van der Waals surface area contributed by atoms with Crippen LogP contribution in [0.2, 0.25) is 0 Å². The van der Waals surface area contributed by atoms with Gasteiger partial charge in [-0.3, -0.25) is 19.4 Å². The van der Waals surface area contributed by atoms with Crippen molar-refractivity contribution in [2.24, 2.45) is 11.8 Å². The minimum Gasteiger partial charge on any atom is -0.497 e. The van der Waals surface area contributed by atoms with E-state index >= 15 is 0 Å². The first-order chi connectivity index (χ1) is 18.7. The van der Waals surface area contributed by atoms with Gasteiger partial charge in [0.25, 0.3) is 5.91 Å². The third kappa shape index (κ3) is 6.02. The average Bonchev–Trinajstić information content (AvgIpc) is 3.68. The maximum atomic E-state index is 13.6. The molecule has 0 spiro atoms. The highest BCUT2D eigenvalue weighted by Crippen LogP contribution is 2.49. The Bertz CT molecular complexity index is 1280. The van der Waals surface area contributed by atoms with Gasteiger partial charge in [-0.05, 0) is 81.3 Å². The van der Waals surface area contributed by atoms with E-state index in [2.05, 4.69) is 0 Å². The van der Waals surface area contributed by atoms with Gasteiger partial charge in [-0.25, -0.2) is 0 Å². The Labute approximate surface area is 238 Å². The first kappa shape index (κ1) is 27.7. The Morgan fingerprint density at radius 1 is 1.21 bits per heavy atom. The number of carboxylic acids is 1. The molecule has 10 heteroatoms. The summed E-state index contributed by atoms with van der Waals surface area (Å²) < 4.78 is 17.9. The van der Waals surface area contributed by atoms with Crippen LogP contribution in [0.5, 0.6) is 11.5 Å². The number of amides is 1. The van der Waals surface area contributed by atoms with Crippen LogP contribution in [0.25, 0.3) is 17.4 Å². The van der Waals surface area contributed by atoms with E-state index in [0.29, 0.717) is 57.0 Å². The highest BCUT2D eigenvalue weighted by Gasteiger charge is 2.48. The van der Waals surface area contributed by atoms with Gasteiger partial charge in [-0.1, -0.05) is 30.4 Å². The maximum absolute atomic E-state index is 13.6. The van der Waals surface area contributed by atoms with Crippen LogP contribution in [-0.4, -0.2) is 71.5 Å². The van der Waals surface area contributed by atoms with Gasteiger partial charge in [0.1, 0.15) is 27.3 Å². The summed E-state index contributed by atoms with van der Waals surface area (Å²) in [7, 11) is 4.99. The molecule has 1 aromatic carbocycles. The molecule has 3 fully saturated rings. The number of hydrogen-bond donors (Lipinski definition) is 1. The normalized spacial score (nSPS) is 23.4. The van der Waals surface area contributed by atoms with Crippen LogP contribution in [0.15, 0.2) is 33.6 Å². The molecule has 1 amide bonds. The molecule has 1 aromatic heterocycles. The number of methoxy groups -OCH3 is 2. The smallest absolute Gasteiger partial charge is 0.317 e. The summed E-state index contributed by atoms with van der Waals surface area (Å²) in [5, 5.41) is 9.07. The molecule has 2 saturated carbocycles. The van der Waals surface area contributed by atoms with Crippen LogP contribution in [0.3, 0.4) is 0 Å². The van der Waals surface area contributed by atoms with Gasteiger partial charge in [0.2, 0.25) is 0 Å². The molecule has 1 aliphatic heterocycles. The number of carbonyl (C=O) groups excluding carboxylic acids is 1. The lowest BCUT2D eigenvalue weighted by Gasteiger charge is -2.30. The van der Waals surface area contributed by atoms with E-state index in [-0.39, 0.29) is 18.5 Å².